The molecule has 24 heavy (non-hydrogen) atoms. The normalized spacial score (nSPS) is 11.6. The lowest BCUT2D eigenvalue weighted by Gasteiger charge is -2.19. The number of hydrogen-bond donors (Lipinski definition) is 2. The van der Waals surface area contributed by atoms with Gasteiger partial charge < -0.3 is 24.5 Å². The molecule has 128 valence electrons. The number of aryl methyl sites for hydroxylation is 1. The molecule has 7 nitrogen and oxygen atoms in total. The van der Waals surface area contributed by atoms with E-state index in [2.05, 4.69) is 5.32 Å². The van der Waals surface area contributed by atoms with Crippen molar-refractivity contribution in [2.24, 2.45) is 7.05 Å². The molecule has 1 heterocycles. The number of nitrogens with zero attached hydrogens (tertiary/aromatic N) is 1. The Balaban J connectivity index is 2.30. The number of carboxylic acid groups (broad SMARTS) is 1. The van der Waals surface area contributed by atoms with Crippen molar-refractivity contribution in [1.82, 2.24) is 9.88 Å². The highest BCUT2D eigenvalue weighted by atomic mass is 16.5. The monoisotopic (exact) mass is 332 g/mol. The van der Waals surface area contributed by atoms with Crippen molar-refractivity contribution in [2.45, 2.75) is 12.5 Å². The first kappa shape index (κ1) is 17.4. The van der Waals surface area contributed by atoms with Gasteiger partial charge in [0.2, 0.25) is 0 Å². The molecule has 0 aliphatic carbocycles. The van der Waals surface area contributed by atoms with E-state index in [9.17, 15) is 9.59 Å². The summed E-state index contributed by atoms with van der Waals surface area (Å²) in [6.45, 7) is 0. The minimum Gasteiger partial charge on any atom is -0.493 e. The number of aliphatic carboxylic acids is 1. The van der Waals surface area contributed by atoms with E-state index in [-0.39, 0.29) is 12.3 Å². The number of methoxy groups -OCH3 is 2. The van der Waals surface area contributed by atoms with Gasteiger partial charge in [0.15, 0.2) is 11.5 Å². The third kappa shape index (κ3) is 3.87. The minimum absolute atomic E-state index is 0.244. The molecule has 2 rings (SSSR count). The average Bonchev–Trinajstić information content (AvgIpc) is 2.99. The molecule has 0 fully saturated rings. The lowest BCUT2D eigenvalue weighted by atomic mass is 10.0. The number of carbonyl (C=O) groups is 2. The first-order valence-corrected chi connectivity index (χ1v) is 7.32. The summed E-state index contributed by atoms with van der Waals surface area (Å²) < 4.78 is 12.1. The zero-order valence-electron chi connectivity index (χ0n) is 13.8. The van der Waals surface area contributed by atoms with Crippen LogP contribution < -0.4 is 14.8 Å². The summed E-state index contributed by atoms with van der Waals surface area (Å²) in [5.41, 5.74) is 1.07. The van der Waals surface area contributed by atoms with Crippen LogP contribution in [0.25, 0.3) is 0 Å². The number of nitrogens with one attached hydrogen (secondary N) is 1. The van der Waals surface area contributed by atoms with Gasteiger partial charge in [0.25, 0.3) is 5.91 Å². The molecule has 0 spiro atoms. The van der Waals surface area contributed by atoms with E-state index in [0.717, 1.165) is 0 Å². The maximum atomic E-state index is 12.4. The van der Waals surface area contributed by atoms with Gasteiger partial charge in [-0.25, -0.2) is 0 Å². The predicted octanol–water partition coefficient (Wildman–Crippen LogP) is 1.99. The van der Waals surface area contributed by atoms with Crippen LogP contribution in [0.3, 0.4) is 0 Å². The van der Waals surface area contributed by atoms with Crippen LogP contribution in [-0.4, -0.2) is 35.8 Å². The molecule has 1 aromatic carbocycles. The first-order valence-electron chi connectivity index (χ1n) is 7.32. The van der Waals surface area contributed by atoms with Crippen molar-refractivity contribution in [1.29, 1.82) is 0 Å². The van der Waals surface area contributed by atoms with Crippen LogP contribution in [0.1, 0.15) is 28.5 Å². The fourth-order valence-corrected chi connectivity index (χ4v) is 2.43. The van der Waals surface area contributed by atoms with Crippen LogP contribution in [0.4, 0.5) is 0 Å². The third-order valence-electron chi connectivity index (χ3n) is 3.67. The van der Waals surface area contributed by atoms with Gasteiger partial charge in [-0.1, -0.05) is 6.07 Å². The number of benzene rings is 1. The zero-order chi connectivity index (χ0) is 17.7. The number of ether oxygens (including phenoxy) is 2. The van der Waals surface area contributed by atoms with E-state index in [1.54, 1.807) is 48.1 Å². The molecule has 0 aliphatic rings. The van der Waals surface area contributed by atoms with E-state index in [1.165, 1.54) is 14.2 Å². The molecule has 0 radical (unpaired) electrons. The Kier molecular flexibility index (Phi) is 5.47. The summed E-state index contributed by atoms with van der Waals surface area (Å²) in [5.74, 6) is -0.354. The van der Waals surface area contributed by atoms with Crippen molar-refractivity contribution in [2.75, 3.05) is 14.2 Å². The number of carbonyl (C=O) groups excluding carboxylic acids is 1. The van der Waals surface area contributed by atoms with E-state index in [4.69, 9.17) is 14.6 Å². The minimum atomic E-state index is -1.01. The van der Waals surface area contributed by atoms with Crippen molar-refractivity contribution in [3.8, 4) is 11.5 Å². The molecule has 2 aromatic rings. The Bertz CT molecular complexity index is 738. The maximum absolute atomic E-state index is 12.4. The van der Waals surface area contributed by atoms with Gasteiger partial charge in [-0.05, 0) is 29.8 Å². The van der Waals surface area contributed by atoms with Gasteiger partial charge in [0.05, 0.1) is 26.7 Å². The van der Waals surface area contributed by atoms with E-state index in [1.807, 2.05) is 0 Å². The van der Waals surface area contributed by atoms with Gasteiger partial charge in [-0.15, -0.1) is 0 Å². The van der Waals surface area contributed by atoms with E-state index >= 15 is 0 Å². The zero-order valence-corrected chi connectivity index (χ0v) is 13.8. The van der Waals surface area contributed by atoms with Gasteiger partial charge in [-0.3, -0.25) is 9.59 Å². The smallest absolute Gasteiger partial charge is 0.305 e. The van der Waals surface area contributed by atoms with E-state index < -0.39 is 12.0 Å². The highest BCUT2D eigenvalue weighted by Gasteiger charge is 2.21. The molecule has 0 unspecified atom stereocenters. The largest absolute Gasteiger partial charge is 0.493 e. The fourth-order valence-electron chi connectivity index (χ4n) is 2.43. The second kappa shape index (κ2) is 7.54. The van der Waals surface area contributed by atoms with Crippen LogP contribution >= 0.6 is 0 Å². The van der Waals surface area contributed by atoms with Gasteiger partial charge in [0.1, 0.15) is 5.69 Å². The Labute approximate surface area is 139 Å². The molecule has 7 heteroatoms. The molecule has 0 saturated heterocycles. The molecule has 1 aromatic heterocycles. The summed E-state index contributed by atoms with van der Waals surface area (Å²) in [6.07, 6.45) is 1.50. The van der Waals surface area contributed by atoms with Gasteiger partial charge in [0, 0.05) is 13.2 Å². The molecule has 0 saturated carbocycles. The summed E-state index contributed by atoms with van der Waals surface area (Å²) in [4.78, 5) is 23.6. The highest BCUT2D eigenvalue weighted by molar-refractivity contribution is 5.93. The summed E-state index contributed by atoms with van der Waals surface area (Å²) in [7, 11) is 4.76. The van der Waals surface area contributed by atoms with Crippen molar-refractivity contribution < 1.29 is 24.2 Å². The topological polar surface area (TPSA) is 89.8 Å². The predicted molar refractivity (Wildman–Crippen MR) is 87.4 cm³/mol. The lowest BCUT2D eigenvalue weighted by molar-refractivity contribution is -0.137. The SMILES string of the molecule is COc1ccc([C@H](CC(=O)O)NC(=O)c2cccn2C)cc1OC. The Hall–Kier alpha value is -2.96. The van der Waals surface area contributed by atoms with Crippen LogP contribution in [0.5, 0.6) is 11.5 Å². The van der Waals surface area contributed by atoms with Gasteiger partial charge >= 0.3 is 5.97 Å². The highest BCUT2D eigenvalue weighted by Crippen LogP contribution is 2.31. The van der Waals surface area contributed by atoms with Crippen LogP contribution in [0.15, 0.2) is 36.5 Å². The molecular weight excluding hydrogens is 312 g/mol. The number of rotatable bonds is 7. The summed E-state index contributed by atoms with van der Waals surface area (Å²) in [5, 5.41) is 11.9. The standard InChI is InChI=1S/C17H20N2O5/c1-19-8-4-5-13(19)17(22)18-12(10-16(20)21)11-6-7-14(23-2)15(9-11)24-3/h4-9,12H,10H2,1-3H3,(H,18,22)(H,20,21)/t12-/m0/s1. The molecular formula is C17H20N2O5. The van der Waals surface area contributed by atoms with Crippen molar-refractivity contribution in [3.05, 3.63) is 47.8 Å². The van der Waals surface area contributed by atoms with E-state index in [0.29, 0.717) is 22.8 Å². The Morgan fingerprint density at radius 3 is 2.46 bits per heavy atom. The van der Waals surface area contributed by atoms with Crippen LogP contribution in [0.2, 0.25) is 0 Å². The molecule has 1 amide bonds. The second-order valence-corrected chi connectivity index (χ2v) is 5.24. The number of amides is 1. The Morgan fingerprint density at radius 1 is 1.21 bits per heavy atom. The quantitative estimate of drug-likeness (QED) is 0.809. The fraction of sp³-hybridized carbons (Fsp3) is 0.294. The van der Waals surface area contributed by atoms with Crippen molar-refractivity contribution in [3.63, 3.8) is 0 Å². The third-order valence-corrected chi connectivity index (χ3v) is 3.67. The van der Waals surface area contributed by atoms with Gasteiger partial charge in [-0.2, -0.15) is 0 Å². The van der Waals surface area contributed by atoms with Crippen LogP contribution in [-0.2, 0) is 11.8 Å². The molecule has 0 aliphatic heterocycles. The maximum Gasteiger partial charge on any atom is 0.305 e. The summed E-state index contributed by atoms with van der Waals surface area (Å²) in [6, 6.07) is 7.78. The second-order valence-electron chi connectivity index (χ2n) is 5.24. The molecule has 2 N–H and O–H groups in total. The van der Waals surface area contributed by atoms with Crippen LogP contribution in [0, 0.1) is 0 Å². The Morgan fingerprint density at radius 2 is 1.92 bits per heavy atom. The number of hydrogen-bond acceptors (Lipinski definition) is 4. The first-order chi connectivity index (χ1) is 11.5. The summed E-state index contributed by atoms with van der Waals surface area (Å²) >= 11 is 0. The lowest BCUT2D eigenvalue weighted by Crippen LogP contribution is -2.31. The molecule has 1 atom stereocenters. The number of carboxylic acids is 1. The number of aromatic nitrogens is 1. The average molecular weight is 332 g/mol. The molecule has 0 bridgehead atoms. The van der Waals surface area contributed by atoms with Crippen molar-refractivity contribution >= 4 is 11.9 Å².